The number of hydrogen-bond donors (Lipinski definition) is 3. The van der Waals surface area contributed by atoms with Crippen molar-refractivity contribution in [3.63, 3.8) is 0 Å². The van der Waals surface area contributed by atoms with Crippen molar-refractivity contribution in [2.45, 2.75) is 63.7 Å². The summed E-state index contributed by atoms with van der Waals surface area (Å²) in [6.45, 7) is 3.76. The Kier molecular flexibility index (Phi) is 12.2. The van der Waals surface area contributed by atoms with Gasteiger partial charge in [0.2, 0.25) is 0 Å². The number of rotatable bonds is 14. The summed E-state index contributed by atoms with van der Waals surface area (Å²) in [6, 6.07) is 17.1. The van der Waals surface area contributed by atoms with Crippen LogP contribution in [0.1, 0.15) is 64.1 Å². The van der Waals surface area contributed by atoms with E-state index < -0.39 is 48.4 Å². The molecule has 0 aromatic heterocycles. The summed E-state index contributed by atoms with van der Waals surface area (Å²) in [7, 11) is 0. The molecule has 45 heavy (non-hydrogen) atoms. The van der Waals surface area contributed by atoms with E-state index in [0.29, 0.717) is 25.9 Å². The summed E-state index contributed by atoms with van der Waals surface area (Å²) < 4.78 is 84.4. The molecule has 0 saturated carbocycles. The third-order valence-corrected chi connectivity index (χ3v) is 7.30. The Bertz CT molecular complexity index is 1410. The predicted molar refractivity (Wildman–Crippen MR) is 158 cm³/mol. The number of hydrogen-bond acceptors (Lipinski definition) is 4. The maximum atomic E-state index is 15.0. The van der Waals surface area contributed by atoms with Crippen molar-refractivity contribution in [1.29, 1.82) is 0 Å². The molecule has 0 aliphatic carbocycles. The highest BCUT2D eigenvalue weighted by Crippen LogP contribution is 2.37. The fourth-order valence-electron chi connectivity index (χ4n) is 5.01. The molecule has 0 bridgehead atoms. The molecule has 2 unspecified atom stereocenters. The number of nitrogens with one attached hydrogen (secondary N) is 2. The monoisotopic (exact) mass is 637 g/mol. The largest absolute Gasteiger partial charge is 0.416 e. The SMILES string of the molecule is CCCN(CCC)C(=O)c1cccc(C(=O)NC(Cc2ccccc2)(C(O)CNCc2cccc(C(F)(F)F)c2)C(F)(F)F)c1. The van der Waals surface area contributed by atoms with Gasteiger partial charge in [-0.25, -0.2) is 0 Å². The first-order chi connectivity index (χ1) is 21.2. The number of alkyl halides is 6. The molecule has 0 saturated heterocycles. The molecule has 0 fully saturated rings. The molecule has 0 aliphatic heterocycles. The summed E-state index contributed by atoms with van der Waals surface area (Å²) in [4.78, 5) is 28.2. The highest BCUT2D eigenvalue weighted by Gasteiger charge is 2.60. The summed E-state index contributed by atoms with van der Waals surface area (Å²) in [6.07, 6.45) is -11.5. The number of aliphatic hydroxyl groups is 1. The van der Waals surface area contributed by atoms with Gasteiger partial charge in [0, 0.05) is 43.7 Å². The van der Waals surface area contributed by atoms with Gasteiger partial charge in [0.15, 0.2) is 5.54 Å². The molecule has 3 aromatic carbocycles. The van der Waals surface area contributed by atoms with Crippen molar-refractivity contribution < 1.29 is 41.0 Å². The van der Waals surface area contributed by atoms with E-state index >= 15 is 13.2 Å². The number of halogens is 6. The van der Waals surface area contributed by atoms with Crippen LogP contribution in [0.15, 0.2) is 78.9 Å². The minimum atomic E-state index is -5.18. The average molecular weight is 638 g/mol. The lowest BCUT2D eigenvalue weighted by Gasteiger charge is -2.40. The number of aliphatic hydroxyl groups excluding tert-OH is 1. The molecule has 3 N–H and O–H groups in total. The molecule has 12 heteroatoms. The van der Waals surface area contributed by atoms with Gasteiger partial charge in [0.1, 0.15) is 0 Å². The molecule has 2 atom stereocenters. The number of nitrogens with zero attached hydrogens (tertiary/aromatic N) is 1. The van der Waals surface area contributed by atoms with Crippen molar-refractivity contribution >= 4 is 11.8 Å². The first-order valence-electron chi connectivity index (χ1n) is 14.6. The van der Waals surface area contributed by atoms with E-state index in [4.69, 9.17) is 0 Å². The van der Waals surface area contributed by atoms with E-state index in [9.17, 15) is 27.9 Å². The van der Waals surface area contributed by atoms with Gasteiger partial charge >= 0.3 is 12.4 Å². The van der Waals surface area contributed by atoms with E-state index in [-0.39, 0.29) is 34.7 Å². The fourth-order valence-corrected chi connectivity index (χ4v) is 5.01. The van der Waals surface area contributed by atoms with Gasteiger partial charge in [0.25, 0.3) is 11.8 Å². The third kappa shape index (κ3) is 9.30. The zero-order valence-corrected chi connectivity index (χ0v) is 25.0. The van der Waals surface area contributed by atoms with Gasteiger partial charge in [-0.05, 0) is 48.2 Å². The topological polar surface area (TPSA) is 81.7 Å². The molecule has 3 rings (SSSR count). The highest BCUT2D eigenvalue weighted by atomic mass is 19.4. The van der Waals surface area contributed by atoms with Gasteiger partial charge in [0.05, 0.1) is 11.7 Å². The molecule has 3 aromatic rings. The van der Waals surface area contributed by atoms with E-state index in [0.717, 1.165) is 12.1 Å². The Morgan fingerprint density at radius 2 is 1.40 bits per heavy atom. The van der Waals surface area contributed by atoms with Crippen molar-refractivity contribution in [3.05, 3.63) is 107 Å². The number of carbonyl (C=O) groups excluding carboxylic acids is 2. The number of amides is 2. The average Bonchev–Trinajstić information content (AvgIpc) is 3.00. The van der Waals surface area contributed by atoms with Crippen LogP contribution in [0, 0.1) is 0 Å². The summed E-state index contributed by atoms with van der Waals surface area (Å²) in [5.41, 5.74) is -3.89. The van der Waals surface area contributed by atoms with Crippen LogP contribution < -0.4 is 10.6 Å². The minimum Gasteiger partial charge on any atom is -0.389 e. The fraction of sp³-hybridized carbons (Fsp3) is 0.394. The van der Waals surface area contributed by atoms with Crippen molar-refractivity contribution in [3.8, 4) is 0 Å². The molecule has 244 valence electrons. The van der Waals surface area contributed by atoms with Gasteiger partial charge in [-0.15, -0.1) is 0 Å². The smallest absolute Gasteiger partial charge is 0.389 e. The Morgan fingerprint density at radius 3 is 2.00 bits per heavy atom. The Hall–Kier alpha value is -3.90. The lowest BCUT2D eigenvalue weighted by molar-refractivity contribution is -0.219. The normalized spacial score (nSPS) is 14.0. The summed E-state index contributed by atoms with van der Waals surface area (Å²) in [5.74, 6) is -1.52. The maximum absolute atomic E-state index is 15.0. The van der Waals surface area contributed by atoms with E-state index in [2.05, 4.69) is 5.32 Å². The second-order valence-corrected chi connectivity index (χ2v) is 10.8. The quantitative estimate of drug-likeness (QED) is 0.179. The lowest BCUT2D eigenvalue weighted by atomic mass is 9.83. The summed E-state index contributed by atoms with van der Waals surface area (Å²) in [5, 5.41) is 15.7. The van der Waals surface area contributed by atoms with Crippen LogP contribution >= 0.6 is 0 Å². The van der Waals surface area contributed by atoms with Crippen LogP contribution in [0.5, 0.6) is 0 Å². The number of carbonyl (C=O) groups is 2. The van der Waals surface area contributed by atoms with Crippen LogP contribution in [0.2, 0.25) is 0 Å². The van der Waals surface area contributed by atoms with Crippen molar-refractivity contribution in [1.82, 2.24) is 15.5 Å². The van der Waals surface area contributed by atoms with Crippen molar-refractivity contribution in [2.24, 2.45) is 0 Å². The van der Waals surface area contributed by atoms with E-state index in [1.54, 1.807) is 11.0 Å². The minimum absolute atomic E-state index is 0.133. The summed E-state index contributed by atoms with van der Waals surface area (Å²) >= 11 is 0. The maximum Gasteiger partial charge on any atom is 0.416 e. The standard InChI is InChI=1S/C33H37F6N3O3/c1-3-16-42(17-4-2)30(45)26-14-9-13-25(19-26)29(44)41-31(33(37,38)39,20-23-10-6-5-7-11-23)28(43)22-40-21-24-12-8-15-27(18-24)32(34,35)36/h5-15,18-19,28,40,43H,3-4,16-17,20-22H2,1-2H3,(H,41,44). The first kappa shape index (κ1) is 35.6. The van der Waals surface area contributed by atoms with E-state index in [1.807, 2.05) is 19.2 Å². The van der Waals surface area contributed by atoms with Gasteiger partial charge in [-0.2, -0.15) is 26.3 Å². The first-order valence-corrected chi connectivity index (χ1v) is 14.6. The molecule has 0 spiro atoms. The molecule has 6 nitrogen and oxygen atoms in total. The Morgan fingerprint density at radius 1 is 0.800 bits per heavy atom. The second kappa shape index (κ2) is 15.4. The van der Waals surface area contributed by atoms with Crippen LogP contribution in [-0.4, -0.2) is 59.3 Å². The molecule has 2 amide bonds. The Labute approximate surface area is 258 Å². The zero-order chi connectivity index (χ0) is 33.3. The second-order valence-electron chi connectivity index (χ2n) is 10.8. The molecular weight excluding hydrogens is 600 g/mol. The van der Waals surface area contributed by atoms with Gasteiger partial charge in [-0.3, -0.25) is 9.59 Å². The van der Waals surface area contributed by atoms with Crippen LogP contribution in [0.3, 0.4) is 0 Å². The van der Waals surface area contributed by atoms with Gasteiger partial charge < -0.3 is 20.6 Å². The molecular formula is C33H37F6N3O3. The van der Waals surface area contributed by atoms with Crippen LogP contribution in [-0.2, 0) is 19.1 Å². The van der Waals surface area contributed by atoms with E-state index in [1.165, 1.54) is 60.7 Å². The Balaban J connectivity index is 1.92. The molecule has 0 radical (unpaired) electrons. The van der Waals surface area contributed by atoms with Gasteiger partial charge in [-0.1, -0.05) is 68.4 Å². The zero-order valence-electron chi connectivity index (χ0n) is 25.0. The predicted octanol–water partition coefficient (Wildman–Crippen LogP) is 6.39. The van der Waals surface area contributed by atoms with Crippen LogP contribution in [0.25, 0.3) is 0 Å². The lowest BCUT2D eigenvalue weighted by Crippen LogP contribution is -2.68. The number of benzene rings is 3. The van der Waals surface area contributed by atoms with Crippen LogP contribution in [0.4, 0.5) is 26.3 Å². The molecule has 0 aliphatic rings. The highest BCUT2D eigenvalue weighted by molar-refractivity contribution is 6.00. The van der Waals surface area contributed by atoms with Crippen molar-refractivity contribution in [2.75, 3.05) is 19.6 Å². The third-order valence-electron chi connectivity index (χ3n) is 7.30. The molecule has 0 heterocycles.